The molecule has 0 aliphatic heterocycles. The van der Waals surface area contributed by atoms with Crippen molar-refractivity contribution in [3.8, 4) is 16.9 Å². The van der Waals surface area contributed by atoms with Crippen LogP contribution in [0, 0.1) is 0 Å². The quantitative estimate of drug-likeness (QED) is 0.791. The van der Waals surface area contributed by atoms with Gasteiger partial charge in [0.15, 0.2) is 0 Å². The lowest BCUT2D eigenvalue weighted by Gasteiger charge is -2.12. The molecule has 0 aliphatic rings. The number of hydrogen-bond acceptors (Lipinski definition) is 4. The number of esters is 1. The largest absolute Gasteiger partial charge is 0.573 e. The molecular formula is C18H18F3NO3. The highest BCUT2D eigenvalue weighted by Crippen LogP contribution is 2.27. The van der Waals surface area contributed by atoms with Crippen LogP contribution >= 0.6 is 0 Å². The van der Waals surface area contributed by atoms with E-state index >= 15 is 0 Å². The molecule has 4 nitrogen and oxygen atoms in total. The van der Waals surface area contributed by atoms with Gasteiger partial charge in [0.1, 0.15) is 5.75 Å². The maximum atomic E-state index is 12.2. The summed E-state index contributed by atoms with van der Waals surface area (Å²) in [4.78, 5) is 11.5. The van der Waals surface area contributed by atoms with Crippen LogP contribution in [0.15, 0.2) is 48.5 Å². The maximum absolute atomic E-state index is 12.2. The first-order valence-corrected chi connectivity index (χ1v) is 7.66. The Hall–Kier alpha value is -2.54. The van der Waals surface area contributed by atoms with E-state index in [1.54, 1.807) is 31.2 Å². The van der Waals surface area contributed by atoms with Crippen molar-refractivity contribution < 1.29 is 27.4 Å². The van der Waals surface area contributed by atoms with E-state index in [0.717, 1.165) is 16.7 Å². The standard InChI is InChI=1S/C18H18F3NO3/c1-2-24-17(23)11-16(22)14-5-3-12(4-6-14)13-7-9-15(10-8-13)25-18(19,20)21/h3-10,16H,2,11,22H2,1H3. The zero-order valence-corrected chi connectivity index (χ0v) is 13.5. The van der Waals surface area contributed by atoms with Crippen LogP contribution in [0.1, 0.15) is 24.9 Å². The van der Waals surface area contributed by atoms with Crippen molar-refractivity contribution in [2.45, 2.75) is 25.7 Å². The number of halogens is 3. The molecule has 2 aromatic rings. The van der Waals surface area contributed by atoms with Gasteiger partial charge < -0.3 is 15.2 Å². The number of carbonyl (C=O) groups is 1. The van der Waals surface area contributed by atoms with Gasteiger partial charge in [-0.15, -0.1) is 13.2 Å². The normalized spacial score (nSPS) is 12.5. The molecule has 2 N–H and O–H groups in total. The molecule has 0 bridgehead atoms. The minimum absolute atomic E-state index is 0.0800. The SMILES string of the molecule is CCOC(=O)CC(N)c1ccc(-c2ccc(OC(F)(F)F)cc2)cc1. The molecule has 0 amide bonds. The fourth-order valence-corrected chi connectivity index (χ4v) is 2.29. The van der Waals surface area contributed by atoms with E-state index in [1.165, 1.54) is 24.3 Å². The minimum Gasteiger partial charge on any atom is -0.466 e. The Balaban J connectivity index is 2.05. The van der Waals surface area contributed by atoms with E-state index in [-0.39, 0.29) is 18.1 Å². The fourth-order valence-electron chi connectivity index (χ4n) is 2.29. The summed E-state index contributed by atoms with van der Waals surface area (Å²) in [5.74, 6) is -0.636. The lowest BCUT2D eigenvalue weighted by molar-refractivity contribution is -0.274. The van der Waals surface area contributed by atoms with E-state index < -0.39 is 12.4 Å². The van der Waals surface area contributed by atoms with Crippen molar-refractivity contribution in [3.63, 3.8) is 0 Å². The Morgan fingerprint density at radius 2 is 1.56 bits per heavy atom. The third kappa shape index (κ3) is 5.79. The summed E-state index contributed by atoms with van der Waals surface area (Å²) < 4.78 is 45.2. The van der Waals surface area contributed by atoms with Gasteiger partial charge in [0.05, 0.1) is 13.0 Å². The molecular weight excluding hydrogens is 335 g/mol. The summed E-state index contributed by atoms with van der Waals surface area (Å²) in [5.41, 5.74) is 8.29. The lowest BCUT2D eigenvalue weighted by atomic mass is 9.99. The monoisotopic (exact) mass is 353 g/mol. The fraction of sp³-hybridized carbons (Fsp3) is 0.278. The highest BCUT2D eigenvalue weighted by molar-refractivity contribution is 5.70. The van der Waals surface area contributed by atoms with Crippen LogP contribution in [-0.4, -0.2) is 18.9 Å². The molecule has 0 spiro atoms. The molecule has 0 aromatic heterocycles. The smallest absolute Gasteiger partial charge is 0.466 e. The number of nitrogens with two attached hydrogens (primary N) is 1. The highest BCUT2D eigenvalue weighted by Gasteiger charge is 2.30. The summed E-state index contributed by atoms with van der Waals surface area (Å²) in [6, 6.07) is 12.2. The van der Waals surface area contributed by atoms with Crippen molar-refractivity contribution in [3.05, 3.63) is 54.1 Å². The molecule has 0 radical (unpaired) electrons. The van der Waals surface area contributed by atoms with Crippen molar-refractivity contribution in [1.29, 1.82) is 0 Å². The van der Waals surface area contributed by atoms with E-state index in [2.05, 4.69) is 4.74 Å². The number of ether oxygens (including phenoxy) is 2. The van der Waals surface area contributed by atoms with E-state index in [9.17, 15) is 18.0 Å². The zero-order valence-electron chi connectivity index (χ0n) is 13.5. The summed E-state index contributed by atoms with van der Waals surface area (Å²) in [6.07, 6.45) is -4.63. The first-order valence-electron chi connectivity index (χ1n) is 7.66. The first-order chi connectivity index (χ1) is 11.8. The van der Waals surface area contributed by atoms with Crippen LogP contribution in [0.2, 0.25) is 0 Å². The summed E-state index contributed by atoms with van der Waals surface area (Å²) in [5, 5.41) is 0. The molecule has 0 fully saturated rings. The van der Waals surface area contributed by atoms with Crippen molar-refractivity contribution in [2.75, 3.05) is 6.61 Å². The summed E-state index contributed by atoms with van der Waals surface area (Å²) in [7, 11) is 0. The Morgan fingerprint density at radius 1 is 1.04 bits per heavy atom. The first kappa shape index (κ1) is 18.8. The second-order valence-electron chi connectivity index (χ2n) is 5.31. The maximum Gasteiger partial charge on any atom is 0.573 e. The molecule has 0 saturated carbocycles. The molecule has 0 heterocycles. The summed E-state index contributed by atoms with van der Waals surface area (Å²) in [6.45, 7) is 2.03. The van der Waals surface area contributed by atoms with E-state index in [0.29, 0.717) is 6.61 Å². The highest BCUT2D eigenvalue weighted by atomic mass is 19.4. The predicted octanol–water partition coefficient (Wildman–Crippen LogP) is 4.21. The van der Waals surface area contributed by atoms with Crippen molar-refractivity contribution in [1.82, 2.24) is 0 Å². The van der Waals surface area contributed by atoms with Crippen molar-refractivity contribution >= 4 is 5.97 Å². The van der Waals surface area contributed by atoms with E-state index in [4.69, 9.17) is 10.5 Å². The van der Waals surface area contributed by atoms with Gasteiger partial charge in [0.25, 0.3) is 0 Å². The summed E-state index contributed by atoms with van der Waals surface area (Å²) >= 11 is 0. The molecule has 25 heavy (non-hydrogen) atoms. The van der Waals surface area contributed by atoms with Gasteiger partial charge in [0.2, 0.25) is 0 Å². The molecule has 0 aliphatic carbocycles. The number of alkyl halides is 3. The second-order valence-corrected chi connectivity index (χ2v) is 5.31. The minimum atomic E-state index is -4.71. The molecule has 2 rings (SSSR count). The average molecular weight is 353 g/mol. The third-order valence-electron chi connectivity index (χ3n) is 3.45. The van der Waals surface area contributed by atoms with Gasteiger partial charge in [-0.1, -0.05) is 36.4 Å². The second kappa shape index (κ2) is 8.02. The average Bonchev–Trinajstić information content (AvgIpc) is 2.54. The van der Waals surface area contributed by atoms with Gasteiger partial charge in [-0.05, 0) is 35.7 Å². The van der Waals surface area contributed by atoms with Crippen LogP contribution < -0.4 is 10.5 Å². The predicted molar refractivity (Wildman–Crippen MR) is 86.7 cm³/mol. The Bertz CT molecular complexity index is 697. The molecule has 134 valence electrons. The van der Waals surface area contributed by atoms with E-state index in [1.807, 2.05) is 0 Å². The lowest BCUT2D eigenvalue weighted by Crippen LogP contribution is -2.17. The van der Waals surface area contributed by atoms with Gasteiger partial charge in [-0.2, -0.15) is 0 Å². The van der Waals surface area contributed by atoms with Crippen LogP contribution in [0.25, 0.3) is 11.1 Å². The molecule has 1 unspecified atom stereocenters. The number of hydrogen-bond donors (Lipinski definition) is 1. The Labute approximate surface area is 143 Å². The van der Waals surface area contributed by atoms with Gasteiger partial charge in [-0.25, -0.2) is 0 Å². The molecule has 7 heteroatoms. The molecule has 1 atom stereocenters. The van der Waals surface area contributed by atoms with Gasteiger partial charge in [-0.3, -0.25) is 4.79 Å². The molecule has 0 saturated heterocycles. The topological polar surface area (TPSA) is 61.5 Å². The number of rotatable bonds is 6. The Kier molecular flexibility index (Phi) is 6.03. The van der Waals surface area contributed by atoms with Crippen molar-refractivity contribution in [2.24, 2.45) is 5.73 Å². The van der Waals surface area contributed by atoms with Crippen LogP contribution in [0.4, 0.5) is 13.2 Å². The third-order valence-corrected chi connectivity index (χ3v) is 3.45. The molecule has 2 aromatic carbocycles. The zero-order chi connectivity index (χ0) is 18.4. The Morgan fingerprint density at radius 3 is 2.04 bits per heavy atom. The van der Waals surface area contributed by atoms with Crippen LogP contribution in [-0.2, 0) is 9.53 Å². The number of benzene rings is 2. The van der Waals surface area contributed by atoms with Crippen LogP contribution in [0.5, 0.6) is 5.75 Å². The van der Waals surface area contributed by atoms with Crippen LogP contribution in [0.3, 0.4) is 0 Å². The number of carbonyl (C=O) groups excluding carboxylic acids is 1. The van der Waals surface area contributed by atoms with Gasteiger partial charge >= 0.3 is 12.3 Å². The van der Waals surface area contributed by atoms with Gasteiger partial charge in [0, 0.05) is 6.04 Å².